The molecule has 0 aliphatic carbocycles. The number of aromatic nitrogens is 2. The molecule has 25 heavy (non-hydrogen) atoms. The van der Waals surface area contributed by atoms with E-state index < -0.39 is 0 Å². The van der Waals surface area contributed by atoms with Crippen molar-refractivity contribution in [3.8, 4) is 6.07 Å². The average molecular weight is 329 g/mol. The van der Waals surface area contributed by atoms with Crippen molar-refractivity contribution in [3.63, 3.8) is 0 Å². The van der Waals surface area contributed by atoms with Crippen LogP contribution >= 0.6 is 0 Å². The van der Waals surface area contributed by atoms with E-state index in [1.807, 2.05) is 25.1 Å². The van der Waals surface area contributed by atoms with Crippen LogP contribution < -0.4 is 10.6 Å². The van der Waals surface area contributed by atoms with Gasteiger partial charge in [0.25, 0.3) is 0 Å². The predicted molar refractivity (Wildman–Crippen MR) is 99.7 cm³/mol. The first-order valence-corrected chi connectivity index (χ1v) is 8.05. The molecule has 3 aromatic rings. The van der Waals surface area contributed by atoms with Gasteiger partial charge in [-0.15, -0.1) is 0 Å². The molecule has 0 amide bonds. The maximum atomic E-state index is 8.86. The quantitative estimate of drug-likeness (QED) is 0.729. The largest absolute Gasteiger partial charge is 0.366 e. The molecule has 2 N–H and O–H groups in total. The van der Waals surface area contributed by atoms with E-state index in [1.54, 1.807) is 12.1 Å². The molecule has 124 valence electrons. The van der Waals surface area contributed by atoms with E-state index in [0.717, 1.165) is 17.2 Å². The smallest absolute Gasteiger partial charge is 0.229 e. The Morgan fingerprint density at radius 1 is 1.00 bits per heavy atom. The van der Waals surface area contributed by atoms with Crippen LogP contribution in [0.4, 0.5) is 17.5 Å². The topological polar surface area (TPSA) is 73.6 Å². The zero-order valence-corrected chi connectivity index (χ0v) is 14.2. The lowest BCUT2D eigenvalue weighted by Crippen LogP contribution is -2.05. The summed E-state index contributed by atoms with van der Waals surface area (Å²) < 4.78 is 0. The molecule has 0 bridgehead atoms. The van der Waals surface area contributed by atoms with Crippen molar-refractivity contribution in [2.24, 2.45) is 0 Å². The average Bonchev–Trinajstić information content (AvgIpc) is 2.60. The van der Waals surface area contributed by atoms with E-state index in [2.05, 4.69) is 57.9 Å². The fourth-order valence-corrected chi connectivity index (χ4v) is 2.49. The summed E-state index contributed by atoms with van der Waals surface area (Å²) in [5.41, 5.74) is 4.78. The van der Waals surface area contributed by atoms with E-state index in [1.165, 1.54) is 11.1 Å². The second kappa shape index (κ2) is 7.45. The van der Waals surface area contributed by atoms with Crippen molar-refractivity contribution in [3.05, 3.63) is 77.0 Å². The van der Waals surface area contributed by atoms with Crippen molar-refractivity contribution in [1.29, 1.82) is 5.26 Å². The molecule has 0 aliphatic rings. The Kier molecular flexibility index (Phi) is 4.91. The molecule has 2 aromatic carbocycles. The summed E-state index contributed by atoms with van der Waals surface area (Å²) in [6.07, 6.45) is 0. The van der Waals surface area contributed by atoms with Crippen LogP contribution in [0.25, 0.3) is 0 Å². The van der Waals surface area contributed by atoms with Crippen molar-refractivity contribution >= 4 is 17.5 Å². The molecule has 0 saturated carbocycles. The minimum atomic E-state index is 0.524. The first kappa shape index (κ1) is 16.5. The Balaban J connectivity index is 1.72. The third kappa shape index (κ3) is 4.55. The Bertz CT molecular complexity index is 910. The van der Waals surface area contributed by atoms with Crippen LogP contribution in [0.1, 0.15) is 22.4 Å². The summed E-state index contributed by atoms with van der Waals surface area (Å²) in [6.45, 7) is 4.72. The summed E-state index contributed by atoms with van der Waals surface area (Å²) in [4.78, 5) is 8.92. The second-order valence-corrected chi connectivity index (χ2v) is 5.87. The van der Waals surface area contributed by atoms with Crippen LogP contribution in [-0.2, 0) is 6.54 Å². The summed E-state index contributed by atoms with van der Waals surface area (Å²) in [6, 6.07) is 19.6. The third-order valence-electron chi connectivity index (χ3n) is 3.68. The lowest BCUT2D eigenvalue weighted by molar-refractivity contribution is 1.06. The van der Waals surface area contributed by atoms with Crippen molar-refractivity contribution in [1.82, 2.24) is 9.97 Å². The van der Waals surface area contributed by atoms with E-state index in [4.69, 9.17) is 5.26 Å². The van der Waals surface area contributed by atoms with Gasteiger partial charge >= 0.3 is 0 Å². The number of nitrogens with zero attached hydrogens (tertiary/aromatic N) is 3. The Morgan fingerprint density at radius 2 is 1.80 bits per heavy atom. The maximum Gasteiger partial charge on any atom is 0.229 e. The van der Waals surface area contributed by atoms with Crippen LogP contribution in [0.2, 0.25) is 0 Å². The molecule has 0 fully saturated rings. The highest BCUT2D eigenvalue weighted by Gasteiger charge is 2.04. The van der Waals surface area contributed by atoms with Gasteiger partial charge in [-0.2, -0.15) is 10.2 Å². The van der Waals surface area contributed by atoms with Gasteiger partial charge in [-0.1, -0.05) is 29.8 Å². The number of benzene rings is 2. The zero-order chi connectivity index (χ0) is 17.6. The SMILES string of the molecule is Cc1cccc(CNc2cc(C)nc(Nc3ccc(C#N)cc3)n2)c1. The van der Waals surface area contributed by atoms with Gasteiger partial charge in [-0.05, 0) is 43.7 Å². The first-order chi connectivity index (χ1) is 12.1. The fourth-order valence-electron chi connectivity index (χ4n) is 2.49. The molecule has 5 nitrogen and oxygen atoms in total. The highest BCUT2D eigenvalue weighted by atomic mass is 15.1. The van der Waals surface area contributed by atoms with E-state index in [9.17, 15) is 0 Å². The van der Waals surface area contributed by atoms with Crippen LogP contribution in [0, 0.1) is 25.2 Å². The van der Waals surface area contributed by atoms with Gasteiger partial charge < -0.3 is 10.6 Å². The molecule has 0 unspecified atom stereocenters. The number of hydrogen-bond acceptors (Lipinski definition) is 5. The third-order valence-corrected chi connectivity index (χ3v) is 3.68. The predicted octanol–water partition coefficient (Wildman–Crippen LogP) is 4.32. The molecule has 0 atom stereocenters. The van der Waals surface area contributed by atoms with Crippen LogP contribution in [0.5, 0.6) is 0 Å². The summed E-state index contributed by atoms with van der Waals surface area (Å²) in [5.74, 6) is 1.29. The van der Waals surface area contributed by atoms with E-state index in [0.29, 0.717) is 18.1 Å². The minimum Gasteiger partial charge on any atom is -0.366 e. The van der Waals surface area contributed by atoms with Crippen molar-refractivity contribution in [2.75, 3.05) is 10.6 Å². The van der Waals surface area contributed by atoms with Gasteiger partial charge in [0, 0.05) is 24.0 Å². The molecular weight excluding hydrogens is 310 g/mol. The molecule has 0 aliphatic heterocycles. The number of nitriles is 1. The zero-order valence-electron chi connectivity index (χ0n) is 14.2. The standard InChI is InChI=1S/C20H19N5/c1-14-4-3-5-17(10-14)13-22-19-11-15(2)23-20(25-19)24-18-8-6-16(12-21)7-9-18/h3-11H,13H2,1-2H3,(H2,22,23,24,25). The van der Waals surface area contributed by atoms with E-state index in [-0.39, 0.29) is 0 Å². The molecule has 3 rings (SSSR count). The van der Waals surface area contributed by atoms with Gasteiger partial charge in [-0.3, -0.25) is 0 Å². The van der Waals surface area contributed by atoms with Crippen molar-refractivity contribution < 1.29 is 0 Å². The number of rotatable bonds is 5. The summed E-state index contributed by atoms with van der Waals surface area (Å²) in [7, 11) is 0. The van der Waals surface area contributed by atoms with Crippen molar-refractivity contribution in [2.45, 2.75) is 20.4 Å². The van der Waals surface area contributed by atoms with Crippen LogP contribution in [-0.4, -0.2) is 9.97 Å². The monoisotopic (exact) mass is 329 g/mol. The van der Waals surface area contributed by atoms with Gasteiger partial charge in [0.05, 0.1) is 11.6 Å². The molecule has 5 heteroatoms. The Hall–Kier alpha value is -3.39. The molecule has 0 radical (unpaired) electrons. The Morgan fingerprint density at radius 3 is 2.52 bits per heavy atom. The highest BCUT2D eigenvalue weighted by molar-refractivity contribution is 5.56. The molecule has 1 aromatic heterocycles. The van der Waals surface area contributed by atoms with Gasteiger partial charge in [0.1, 0.15) is 5.82 Å². The van der Waals surface area contributed by atoms with Gasteiger partial charge in [-0.25, -0.2) is 4.98 Å². The van der Waals surface area contributed by atoms with Crippen LogP contribution in [0.15, 0.2) is 54.6 Å². The number of anilines is 3. The van der Waals surface area contributed by atoms with Crippen LogP contribution in [0.3, 0.4) is 0 Å². The highest BCUT2D eigenvalue weighted by Crippen LogP contribution is 2.17. The summed E-state index contributed by atoms with van der Waals surface area (Å²) in [5, 5.41) is 15.4. The number of aryl methyl sites for hydroxylation is 2. The lowest BCUT2D eigenvalue weighted by atomic mass is 10.1. The van der Waals surface area contributed by atoms with Gasteiger partial charge in [0.2, 0.25) is 5.95 Å². The minimum absolute atomic E-state index is 0.524. The molecule has 0 saturated heterocycles. The number of nitrogens with one attached hydrogen (secondary N) is 2. The second-order valence-electron chi connectivity index (χ2n) is 5.87. The maximum absolute atomic E-state index is 8.86. The Labute approximate surface area is 147 Å². The normalized spacial score (nSPS) is 10.1. The number of hydrogen-bond donors (Lipinski definition) is 2. The molecule has 0 spiro atoms. The molecule has 1 heterocycles. The molecular formula is C20H19N5. The van der Waals surface area contributed by atoms with Gasteiger partial charge in [0.15, 0.2) is 0 Å². The lowest BCUT2D eigenvalue weighted by Gasteiger charge is -2.10. The summed E-state index contributed by atoms with van der Waals surface area (Å²) >= 11 is 0. The van der Waals surface area contributed by atoms with E-state index >= 15 is 0 Å². The first-order valence-electron chi connectivity index (χ1n) is 8.05. The fraction of sp³-hybridized carbons (Fsp3) is 0.150.